The number of benzene rings is 2. The molecule has 2 aromatic rings. The molecular weight excluding hydrogens is 412 g/mol. The zero-order valence-corrected chi connectivity index (χ0v) is 18.1. The molecule has 1 unspecified atom stereocenters. The molecule has 1 saturated carbocycles. The molecule has 0 radical (unpaired) electrons. The van der Waals surface area contributed by atoms with Gasteiger partial charge in [-0.05, 0) is 30.7 Å². The number of nitrogens with zero attached hydrogens (tertiary/aromatic N) is 2. The lowest BCUT2D eigenvalue weighted by atomic mass is 10.0. The predicted molar refractivity (Wildman–Crippen MR) is 120 cm³/mol. The zero-order chi connectivity index (χ0) is 18.8. The number of nitrogens with one attached hydrogen (secondary N) is 1. The molecule has 2 aliphatic rings. The van der Waals surface area contributed by atoms with Gasteiger partial charge in [0.15, 0.2) is 0 Å². The molecule has 1 amide bonds. The maximum atomic E-state index is 13.9. The first-order valence-electron chi connectivity index (χ1n) is 9.66. The van der Waals surface area contributed by atoms with E-state index in [-0.39, 0.29) is 36.5 Å². The molecule has 2 aromatic carbocycles. The minimum atomic E-state index is -0.196. The van der Waals surface area contributed by atoms with Crippen LogP contribution in [0, 0.1) is 5.82 Å². The average molecular weight is 440 g/mol. The van der Waals surface area contributed by atoms with Crippen LogP contribution < -0.4 is 5.32 Å². The lowest BCUT2D eigenvalue weighted by molar-refractivity contribution is -0.131. The highest BCUT2D eigenvalue weighted by Gasteiger charge is 2.38. The van der Waals surface area contributed by atoms with Crippen molar-refractivity contribution in [2.75, 3.05) is 39.8 Å². The third kappa shape index (κ3) is 5.70. The molecule has 2 fully saturated rings. The quantitative estimate of drug-likeness (QED) is 0.773. The van der Waals surface area contributed by atoms with Gasteiger partial charge in [-0.25, -0.2) is 4.39 Å². The van der Waals surface area contributed by atoms with Gasteiger partial charge >= 0.3 is 0 Å². The number of carbonyl (C=O) groups excluding carboxylic acids is 1. The third-order valence-electron chi connectivity index (χ3n) is 5.69. The molecule has 1 N–H and O–H groups in total. The van der Waals surface area contributed by atoms with Crippen molar-refractivity contribution in [3.8, 4) is 11.1 Å². The summed E-state index contributed by atoms with van der Waals surface area (Å²) in [6.07, 6.45) is 1.05. The highest BCUT2D eigenvalue weighted by atomic mass is 35.5. The number of rotatable bonds is 5. The molecular formula is C22H28Cl2FN3O. The van der Waals surface area contributed by atoms with Crippen LogP contribution in [0.1, 0.15) is 17.9 Å². The van der Waals surface area contributed by atoms with Crippen LogP contribution in [-0.2, 0) is 4.79 Å². The Bertz CT molecular complexity index is 810. The summed E-state index contributed by atoms with van der Waals surface area (Å²) in [5, 5.41) is 3.40. The number of carbonyl (C=O) groups is 1. The summed E-state index contributed by atoms with van der Waals surface area (Å²) in [5.41, 5.74) is 2.78. The second-order valence-electron chi connectivity index (χ2n) is 7.62. The van der Waals surface area contributed by atoms with Crippen molar-refractivity contribution in [3.63, 3.8) is 0 Å². The Labute approximate surface area is 184 Å². The van der Waals surface area contributed by atoms with Gasteiger partial charge in [-0.2, -0.15) is 0 Å². The van der Waals surface area contributed by atoms with Gasteiger partial charge in [0.25, 0.3) is 0 Å². The van der Waals surface area contributed by atoms with Gasteiger partial charge in [0.05, 0.1) is 6.54 Å². The maximum Gasteiger partial charge on any atom is 0.236 e. The van der Waals surface area contributed by atoms with Crippen molar-refractivity contribution in [1.82, 2.24) is 15.1 Å². The Hall–Kier alpha value is -1.66. The normalized spacial score (nSPS) is 21.1. The van der Waals surface area contributed by atoms with E-state index in [1.807, 2.05) is 23.1 Å². The van der Waals surface area contributed by atoms with E-state index in [1.165, 1.54) is 11.6 Å². The topological polar surface area (TPSA) is 35.6 Å². The lowest BCUT2D eigenvalue weighted by Crippen LogP contribution is -2.49. The predicted octanol–water partition coefficient (Wildman–Crippen LogP) is 3.56. The second-order valence-corrected chi connectivity index (χ2v) is 7.62. The number of halogens is 3. The van der Waals surface area contributed by atoms with Crippen molar-refractivity contribution in [3.05, 3.63) is 59.9 Å². The van der Waals surface area contributed by atoms with Crippen LogP contribution in [0.5, 0.6) is 0 Å². The fraction of sp³-hybridized carbons (Fsp3) is 0.409. The van der Waals surface area contributed by atoms with E-state index in [4.69, 9.17) is 0 Å². The fourth-order valence-corrected chi connectivity index (χ4v) is 3.78. The number of piperazine rings is 1. The summed E-state index contributed by atoms with van der Waals surface area (Å²) >= 11 is 0. The van der Waals surface area contributed by atoms with Crippen LogP contribution in [0.15, 0.2) is 48.5 Å². The van der Waals surface area contributed by atoms with E-state index < -0.39 is 0 Å². The Morgan fingerprint density at radius 3 is 2.34 bits per heavy atom. The SMILES string of the molecule is CN1CCN(C(=O)CN[C@H]2CC2c2ccc(-c3ccccc3F)cc2)CC1.Cl.Cl. The molecule has 1 aliphatic carbocycles. The third-order valence-corrected chi connectivity index (χ3v) is 5.69. The standard InChI is InChI=1S/C22H26FN3O.2ClH/c1-25-10-12-26(13-11-25)22(27)15-24-21-14-19(21)17-8-6-16(7-9-17)18-4-2-3-5-20(18)23;;/h2-9,19,21,24H,10-15H2,1H3;2*1H/t19?,21-;;/m0../s1. The Balaban J connectivity index is 0.00000150. The van der Waals surface area contributed by atoms with E-state index in [1.54, 1.807) is 12.1 Å². The van der Waals surface area contributed by atoms with Gasteiger partial charge in [-0.1, -0.05) is 42.5 Å². The number of hydrogen-bond acceptors (Lipinski definition) is 3. The van der Waals surface area contributed by atoms with Crippen molar-refractivity contribution < 1.29 is 9.18 Å². The van der Waals surface area contributed by atoms with Crippen molar-refractivity contribution in [2.45, 2.75) is 18.4 Å². The highest BCUT2D eigenvalue weighted by molar-refractivity contribution is 5.85. The fourth-order valence-electron chi connectivity index (χ4n) is 3.78. The molecule has 7 heteroatoms. The summed E-state index contributed by atoms with van der Waals surface area (Å²) in [4.78, 5) is 16.5. The van der Waals surface area contributed by atoms with Crippen LogP contribution in [0.25, 0.3) is 11.1 Å². The molecule has 2 atom stereocenters. The maximum absolute atomic E-state index is 13.9. The number of amides is 1. The summed E-state index contributed by atoms with van der Waals surface area (Å²) < 4.78 is 13.9. The van der Waals surface area contributed by atoms with Crippen LogP contribution in [0.3, 0.4) is 0 Å². The van der Waals surface area contributed by atoms with Crippen molar-refractivity contribution in [2.24, 2.45) is 0 Å². The molecule has 4 nitrogen and oxygen atoms in total. The van der Waals surface area contributed by atoms with Gasteiger partial charge in [0, 0.05) is 43.7 Å². The van der Waals surface area contributed by atoms with Crippen LogP contribution in [0.2, 0.25) is 0 Å². The molecule has 0 bridgehead atoms. The van der Waals surface area contributed by atoms with Gasteiger partial charge < -0.3 is 15.1 Å². The van der Waals surface area contributed by atoms with Gasteiger partial charge in [-0.15, -0.1) is 24.8 Å². The molecule has 1 aliphatic heterocycles. The van der Waals surface area contributed by atoms with E-state index >= 15 is 0 Å². The molecule has 1 heterocycles. The summed E-state index contributed by atoms with van der Waals surface area (Å²) in [5.74, 6) is 0.447. The van der Waals surface area contributed by atoms with E-state index in [2.05, 4.69) is 29.4 Å². The first kappa shape index (κ1) is 23.6. The van der Waals surface area contributed by atoms with Crippen LogP contribution in [-0.4, -0.2) is 61.5 Å². The monoisotopic (exact) mass is 439 g/mol. The summed E-state index contributed by atoms with van der Waals surface area (Å²) in [6, 6.07) is 15.3. The largest absolute Gasteiger partial charge is 0.339 e. The minimum Gasteiger partial charge on any atom is -0.339 e. The summed E-state index contributed by atoms with van der Waals surface area (Å²) in [6.45, 7) is 3.96. The first-order valence-corrected chi connectivity index (χ1v) is 9.66. The van der Waals surface area contributed by atoms with Crippen molar-refractivity contribution in [1.29, 1.82) is 0 Å². The van der Waals surface area contributed by atoms with Crippen LogP contribution in [0.4, 0.5) is 4.39 Å². The molecule has 0 aromatic heterocycles. The summed E-state index contributed by atoms with van der Waals surface area (Å²) in [7, 11) is 2.09. The average Bonchev–Trinajstić information content (AvgIpc) is 3.47. The van der Waals surface area contributed by atoms with E-state index in [9.17, 15) is 9.18 Å². The van der Waals surface area contributed by atoms with Gasteiger partial charge in [0.1, 0.15) is 5.82 Å². The minimum absolute atomic E-state index is 0. The molecule has 0 spiro atoms. The lowest BCUT2D eigenvalue weighted by Gasteiger charge is -2.32. The highest BCUT2D eigenvalue weighted by Crippen LogP contribution is 2.41. The Morgan fingerprint density at radius 2 is 1.69 bits per heavy atom. The van der Waals surface area contributed by atoms with Crippen molar-refractivity contribution >= 4 is 30.7 Å². The molecule has 4 rings (SSSR count). The zero-order valence-electron chi connectivity index (χ0n) is 16.5. The van der Waals surface area contributed by atoms with Gasteiger partial charge in [0.2, 0.25) is 5.91 Å². The molecule has 29 heavy (non-hydrogen) atoms. The second kappa shape index (κ2) is 10.4. The Morgan fingerprint density at radius 1 is 1.03 bits per heavy atom. The first-order chi connectivity index (χ1) is 13.1. The Kier molecular flexibility index (Phi) is 8.46. The number of hydrogen-bond donors (Lipinski definition) is 1. The van der Waals surface area contributed by atoms with E-state index in [0.717, 1.165) is 38.2 Å². The van der Waals surface area contributed by atoms with Crippen LogP contribution >= 0.6 is 24.8 Å². The smallest absolute Gasteiger partial charge is 0.236 e. The number of likely N-dealkylation sites (N-methyl/N-ethyl adjacent to an activating group) is 1. The molecule has 158 valence electrons. The van der Waals surface area contributed by atoms with E-state index in [0.29, 0.717) is 24.1 Å². The molecule has 1 saturated heterocycles. The van der Waals surface area contributed by atoms with Gasteiger partial charge in [-0.3, -0.25) is 4.79 Å².